The quantitative estimate of drug-likeness (QED) is 0.702. The summed E-state index contributed by atoms with van der Waals surface area (Å²) in [4.78, 5) is 23.2. The number of nitrogens with one attached hydrogen (secondary N) is 1. The second kappa shape index (κ2) is 5.26. The summed E-state index contributed by atoms with van der Waals surface area (Å²) in [5, 5.41) is 12.0. The largest absolute Gasteiger partial charge is 0.481 e. The molecule has 1 fully saturated rings. The van der Waals surface area contributed by atoms with Gasteiger partial charge in [0.15, 0.2) is 0 Å². The highest BCUT2D eigenvalue weighted by atomic mass is 16.4. The van der Waals surface area contributed by atoms with E-state index in [9.17, 15) is 14.7 Å². The summed E-state index contributed by atoms with van der Waals surface area (Å²) in [5.74, 6) is -1.08. The van der Waals surface area contributed by atoms with Crippen molar-refractivity contribution in [3.63, 3.8) is 0 Å². The molecule has 1 saturated carbocycles. The molecule has 0 aromatic heterocycles. The zero-order valence-corrected chi connectivity index (χ0v) is 11.5. The maximum atomic E-state index is 11.9. The molecule has 1 amide bonds. The SMILES string of the molecule is CC(C)(C)[C@@H](N)C(=O)NCC1(C(=O)O)CCCC1. The van der Waals surface area contributed by atoms with Crippen molar-refractivity contribution in [2.24, 2.45) is 16.6 Å². The smallest absolute Gasteiger partial charge is 0.311 e. The third-order valence-corrected chi connectivity index (χ3v) is 3.83. The predicted octanol–water partition coefficient (Wildman–Crippen LogP) is 1.12. The van der Waals surface area contributed by atoms with Gasteiger partial charge in [-0.2, -0.15) is 0 Å². The zero-order chi connectivity index (χ0) is 14.0. The molecule has 0 unspecified atom stereocenters. The summed E-state index contributed by atoms with van der Waals surface area (Å²) < 4.78 is 0. The van der Waals surface area contributed by atoms with Crippen molar-refractivity contribution in [2.75, 3.05) is 6.54 Å². The maximum Gasteiger partial charge on any atom is 0.311 e. The van der Waals surface area contributed by atoms with E-state index < -0.39 is 17.4 Å². The summed E-state index contributed by atoms with van der Waals surface area (Å²) in [7, 11) is 0. The third-order valence-electron chi connectivity index (χ3n) is 3.83. The van der Waals surface area contributed by atoms with Gasteiger partial charge in [-0.05, 0) is 18.3 Å². The standard InChI is InChI=1S/C13H24N2O3/c1-12(2,3)9(14)10(16)15-8-13(11(17)18)6-4-5-7-13/h9H,4-8,14H2,1-3H3,(H,15,16)(H,17,18)/t9-/m0/s1. The van der Waals surface area contributed by atoms with Crippen LogP contribution in [0.2, 0.25) is 0 Å². The Morgan fingerprint density at radius 1 is 1.33 bits per heavy atom. The topological polar surface area (TPSA) is 92.4 Å². The van der Waals surface area contributed by atoms with Gasteiger partial charge in [0, 0.05) is 6.54 Å². The molecule has 1 rings (SSSR count). The number of carbonyl (C=O) groups is 2. The number of carboxylic acids is 1. The molecule has 1 atom stereocenters. The van der Waals surface area contributed by atoms with E-state index in [0.29, 0.717) is 12.8 Å². The van der Waals surface area contributed by atoms with E-state index in [1.54, 1.807) is 0 Å². The van der Waals surface area contributed by atoms with E-state index in [4.69, 9.17) is 5.73 Å². The predicted molar refractivity (Wildman–Crippen MR) is 69.0 cm³/mol. The van der Waals surface area contributed by atoms with Gasteiger partial charge in [-0.1, -0.05) is 33.6 Å². The van der Waals surface area contributed by atoms with Crippen molar-refractivity contribution in [1.29, 1.82) is 0 Å². The molecule has 0 aromatic carbocycles. The highest BCUT2D eigenvalue weighted by molar-refractivity contribution is 5.83. The van der Waals surface area contributed by atoms with Gasteiger partial charge in [-0.15, -0.1) is 0 Å². The van der Waals surface area contributed by atoms with Crippen LogP contribution in [0, 0.1) is 10.8 Å². The van der Waals surface area contributed by atoms with Crippen LogP contribution < -0.4 is 11.1 Å². The van der Waals surface area contributed by atoms with Gasteiger partial charge in [0.2, 0.25) is 5.91 Å². The Balaban J connectivity index is 2.59. The minimum atomic E-state index is -0.815. The molecule has 0 bridgehead atoms. The molecule has 0 saturated heterocycles. The second-order valence-corrected chi connectivity index (χ2v) is 6.35. The number of amides is 1. The first-order valence-corrected chi connectivity index (χ1v) is 6.46. The van der Waals surface area contributed by atoms with Crippen molar-refractivity contribution < 1.29 is 14.7 Å². The number of rotatable bonds is 4. The van der Waals surface area contributed by atoms with Gasteiger partial charge >= 0.3 is 5.97 Å². The van der Waals surface area contributed by atoms with E-state index in [1.165, 1.54) is 0 Å². The average molecular weight is 256 g/mol. The lowest BCUT2D eigenvalue weighted by Crippen LogP contribution is -2.51. The van der Waals surface area contributed by atoms with Crippen molar-refractivity contribution in [3.8, 4) is 0 Å². The molecule has 0 aromatic rings. The summed E-state index contributed by atoms with van der Waals surface area (Å²) >= 11 is 0. The summed E-state index contributed by atoms with van der Waals surface area (Å²) in [5.41, 5.74) is 4.73. The highest BCUT2D eigenvalue weighted by Gasteiger charge is 2.42. The molecule has 0 aliphatic heterocycles. The number of carboxylic acid groups (broad SMARTS) is 1. The van der Waals surface area contributed by atoms with Gasteiger partial charge in [0.05, 0.1) is 11.5 Å². The fourth-order valence-electron chi connectivity index (χ4n) is 2.28. The normalized spacial score (nSPS) is 20.4. The fraction of sp³-hybridized carbons (Fsp3) is 0.846. The van der Waals surface area contributed by atoms with E-state index in [0.717, 1.165) is 12.8 Å². The Morgan fingerprint density at radius 2 is 1.83 bits per heavy atom. The van der Waals surface area contributed by atoms with Crippen LogP contribution in [-0.2, 0) is 9.59 Å². The molecule has 5 nitrogen and oxygen atoms in total. The van der Waals surface area contributed by atoms with E-state index in [2.05, 4.69) is 5.32 Å². The van der Waals surface area contributed by atoms with Crippen molar-refractivity contribution in [2.45, 2.75) is 52.5 Å². The molecular weight excluding hydrogens is 232 g/mol. The number of carbonyl (C=O) groups excluding carboxylic acids is 1. The Morgan fingerprint density at radius 3 is 2.22 bits per heavy atom. The lowest BCUT2D eigenvalue weighted by molar-refractivity contribution is -0.148. The van der Waals surface area contributed by atoms with Crippen LogP contribution in [0.3, 0.4) is 0 Å². The number of hydrogen-bond acceptors (Lipinski definition) is 3. The van der Waals surface area contributed by atoms with Crippen molar-refractivity contribution in [3.05, 3.63) is 0 Å². The molecule has 104 valence electrons. The third kappa shape index (κ3) is 3.22. The van der Waals surface area contributed by atoms with E-state index >= 15 is 0 Å². The Hall–Kier alpha value is -1.10. The first-order chi connectivity index (χ1) is 8.19. The highest BCUT2D eigenvalue weighted by Crippen LogP contribution is 2.37. The summed E-state index contributed by atoms with van der Waals surface area (Å²) in [6, 6.07) is -0.621. The molecule has 1 aliphatic carbocycles. The summed E-state index contributed by atoms with van der Waals surface area (Å²) in [6.07, 6.45) is 3.09. The Labute approximate surface area is 108 Å². The van der Waals surface area contributed by atoms with E-state index in [-0.39, 0.29) is 17.9 Å². The van der Waals surface area contributed by atoms with Crippen molar-refractivity contribution >= 4 is 11.9 Å². The maximum absolute atomic E-state index is 11.9. The Kier molecular flexibility index (Phi) is 4.37. The minimum absolute atomic E-state index is 0.185. The van der Waals surface area contributed by atoms with Crippen molar-refractivity contribution in [1.82, 2.24) is 5.32 Å². The number of hydrogen-bond donors (Lipinski definition) is 3. The lowest BCUT2D eigenvalue weighted by atomic mass is 9.84. The molecule has 18 heavy (non-hydrogen) atoms. The monoisotopic (exact) mass is 256 g/mol. The average Bonchev–Trinajstić information content (AvgIpc) is 2.73. The molecule has 5 heteroatoms. The number of aliphatic carboxylic acids is 1. The van der Waals surface area contributed by atoms with Crippen LogP contribution in [0.4, 0.5) is 0 Å². The van der Waals surface area contributed by atoms with Gasteiger partial charge < -0.3 is 16.2 Å². The van der Waals surface area contributed by atoms with Gasteiger partial charge in [-0.25, -0.2) is 0 Å². The van der Waals surface area contributed by atoms with Crippen LogP contribution in [0.25, 0.3) is 0 Å². The zero-order valence-electron chi connectivity index (χ0n) is 11.5. The van der Waals surface area contributed by atoms with Gasteiger partial charge in [0.25, 0.3) is 0 Å². The molecule has 1 aliphatic rings. The van der Waals surface area contributed by atoms with E-state index in [1.807, 2.05) is 20.8 Å². The van der Waals surface area contributed by atoms with Crippen LogP contribution in [-0.4, -0.2) is 29.6 Å². The molecule has 0 radical (unpaired) electrons. The first-order valence-electron chi connectivity index (χ1n) is 6.46. The fourth-order valence-corrected chi connectivity index (χ4v) is 2.28. The second-order valence-electron chi connectivity index (χ2n) is 6.35. The van der Waals surface area contributed by atoms with Crippen LogP contribution in [0.5, 0.6) is 0 Å². The molecule has 0 heterocycles. The molecule has 4 N–H and O–H groups in total. The Bertz CT molecular complexity index is 328. The van der Waals surface area contributed by atoms with Crippen LogP contribution in [0.1, 0.15) is 46.5 Å². The first kappa shape index (κ1) is 15.0. The summed E-state index contributed by atoms with van der Waals surface area (Å²) in [6.45, 7) is 5.85. The lowest BCUT2D eigenvalue weighted by Gasteiger charge is -2.29. The van der Waals surface area contributed by atoms with Crippen LogP contribution in [0.15, 0.2) is 0 Å². The minimum Gasteiger partial charge on any atom is -0.481 e. The molecule has 0 spiro atoms. The number of nitrogens with two attached hydrogens (primary N) is 1. The van der Waals surface area contributed by atoms with Gasteiger partial charge in [-0.3, -0.25) is 9.59 Å². The molecular formula is C13H24N2O3. The van der Waals surface area contributed by atoms with Gasteiger partial charge in [0.1, 0.15) is 0 Å². The van der Waals surface area contributed by atoms with Crippen LogP contribution >= 0.6 is 0 Å².